The number of sulfonamides is 1. The minimum atomic E-state index is -3.91. The molecule has 24 heavy (non-hydrogen) atoms. The van der Waals surface area contributed by atoms with Crippen LogP contribution in [0.25, 0.3) is 0 Å². The van der Waals surface area contributed by atoms with Gasteiger partial charge in [-0.25, -0.2) is 17.5 Å². The Kier molecular flexibility index (Phi) is 5.58. The first-order valence-electron chi connectivity index (χ1n) is 7.01. The minimum Gasteiger partial charge on any atom is -0.325 e. The Hall–Kier alpha value is -1.96. The Balaban J connectivity index is 2.04. The van der Waals surface area contributed by atoms with E-state index in [1.165, 1.54) is 13.0 Å². The summed E-state index contributed by atoms with van der Waals surface area (Å²) in [5, 5.41) is 3.04. The minimum absolute atomic E-state index is 0.104. The first kappa shape index (κ1) is 18.4. The standard InChI is InChI=1S/C16H16ClFN2O3S/c1-10-3-4-12(17)8-15(10)20-16(21)9-19-24(22,23)13-5-6-14(18)11(2)7-13/h3-8,19H,9H2,1-2H3,(H,20,21). The maximum absolute atomic E-state index is 13.2. The molecular formula is C16H16ClFN2O3S. The summed E-state index contributed by atoms with van der Waals surface area (Å²) in [6.45, 7) is 2.80. The van der Waals surface area contributed by atoms with E-state index in [1.807, 2.05) is 0 Å². The SMILES string of the molecule is Cc1cc(S(=O)(=O)NCC(=O)Nc2cc(Cl)ccc2C)ccc1F. The van der Waals surface area contributed by atoms with Crippen molar-refractivity contribution in [1.29, 1.82) is 0 Å². The van der Waals surface area contributed by atoms with Gasteiger partial charge in [-0.05, 0) is 55.3 Å². The number of amides is 1. The van der Waals surface area contributed by atoms with E-state index in [0.29, 0.717) is 10.7 Å². The Bertz CT molecular complexity index is 885. The zero-order valence-corrected chi connectivity index (χ0v) is 14.6. The molecule has 0 aliphatic heterocycles. The van der Waals surface area contributed by atoms with E-state index in [0.717, 1.165) is 17.7 Å². The summed E-state index contributed by atoms with van der Waals surface area (Å²) in [6, 6.07) is 8.42. The van der Waals surface area contributed by atoms with Crippen LogP contribution in [-0.4, -0.2) is 20.9 Å². The van der Waals surface area contributed by atoms with Crippen LogP contribution in [-0.2, 0) is 14.8 Å². The van der Waals surface area contributed by atoms with Gasteiger partial charge in [0, 0.05) is 10.7 Å². The molecule has 1 amide bonds. The van der Waals surface area contributed by atoms with Gasteiger partial charge in [0.25, 0.3) is 0 Å². The van der Waals surface area contributed by atoms with Crippen LogP contribution in [0.15, 0.2) is 41.3 Å². The molecule has 0 heterocycles. The average molecular weight is 371 g/mol. The van der Waals surface area contributed by atoms with Gasteiger partial charge in [-0.3, -0.25) is 4.79 Å². The highest BCUT2D eigenvalue weighted by Crippen LogP contribution is 2.20. The van der Waals surface area contributed by atoms with E-state index < -0.39 is 28.3 Å². The van der Waals surface area contributed by atoms with E-state index >= 15 is 0 Å². The van der Waals surface area contributed by atoms with E-state index in [9.17, 15) is 17.6 Å². The first-order chi connectivity index (χ1) is 11.2. The molecule has 0 aliphatic carbocycles. The fourth-order valence-electron chi connectivity index (χ4n) is 1.95. The third-order valence-corrected chi connectivity index (χ3v) is 4.97. The molecular weight excluding hydrogens is 355 g/mol. The van der Waals surface area contributed by atoms with Crippen molar-refractivity contribution in [2.45, 2.75) is 18.7 Å². The number of benzene rings is 2. The zero-order chi connectivity index (χ0) is 17.9. The summed E-state index contributed by atoms with van der Waals surface area (Å²) in [5.74, 6) is -1.04. The Morgan fingerprint density at radius 1 is 1.12 bits per heavy atom. The molecule has 2 aromatic rings. The van der Waals surface area contributed by atoms with Crippen LogP contribution in [0.2, 0.25) is 5.02 Å². The highest BCUT2D eigenvalue weighted by molar-refractivity contribution is 7.89. The molecule has 0 radical (unpaired) electrons. The highest BCUT2D eigenvalue weighted by atomic mass is 35.5. The summed E-state index contributed by atoms with van der Waals surface area (Å²) >= 11 is 5.86. The molecule has 2 rings (SSSR count). The quantitative estimate of drug-likeness (QED) is 0.849. The van der Waals surface area contributed by atoms with Gasteiger partial charge in [0.1, 0.15) is 5.82 Å². The van der Waals surface area contributed by atoms with E-state index in [4.69, 9.17) is 11.6 Å². The van der Waals surface area contributed by atoms with Gasteiger partial charge in [-0.15, -0.1) is 0 Å². The second kappa shape index (κ2) is 7.29. The van der Waals surface area contributed by atoms with Crippen molar-refractivity contribution < 1.29 is 17.6 Å². The summed E-state index contributed by atoms with van der Waals surface area (Å²) in [5.41, 5.74) is 1.51. The topological polar surface area (TPSA) is 75.3 Å². The molecule has 0 bridgehead atoms. The summed E-state index contributed by atoms with van der Waals surface area (Å²) in [7, 11) is -3.91. The van der Waals surface area contributed by atoms with Gasteiger partial charge in [-0.2, -0.15) is 0 Å². The lowest BCUT2D eigenvalue weighted by Crippen LogP contribution is -2.33. The number of halogens is 2. The summed E-state index contributed by atoms with van der Waals surface area (Å²) in [6.07, 6.45) is 0. The molecule has 2 N–H and O–H groups in total. The van der Waals surface area contributed by atoms with Crippen LogP contribution in [0.5, 0.6) is 0 Å². The van der Waals surface area contributed by atoms with Crippen molar-refractivity contribution in [2.24, 2.45) is 0 Å². The van der Waals surface area contributed by atoms with Crippen LogP contribution in [0.1, 0.15) is 11.1 Å². The molecule has 0 fully saturated rings. The number of carbonyl (C=O) groups excluding carboxylic acids is 1. The van der Waals surface area contributed by atoms with Gasteiger partial charge < -0.3 is 5.32 Å². The largest absolute Gasteiger partial charge is 0.325 e. The van der Waals surface area contributed by atoms with Crippen molar-refractivity contribution in [3.05, 3.63) is 58.4 Å². The number of carbonyl (C=O) groups is 1. The molecule has 0 unspecified atom stereocenters. The molecule has 5 nitrogen and oxygen atoms in total. The average Bonchev–Trinajstić information content (AvgIpc) is 2.51. The van der Waals surface area contributed by atoms with Crippen molar-refractivity contribution in [2.75, 3.05) is 11.9 Å². The molecule has 0 aliphatic rings. The highest BCUT2D eigenvalue weighted by Gasteiger charge is 2.17. The van der Waals surface area contributed by atoms with Crippen molar-refractivity contribution in [3.8, 4) is 0 Å². The first-order valence-corrected chi connectivity index (χ1v) is 8.87. The van der Waals surface area contributed by atoms with Gasteiger partial charge in [0.05, 0.1) is 11.4 Å². The van der Waals surface area contributed by atoms with Crippen LogP contribution >= 0.6 is 11.6 Å². The normalized spacial score (nSPS) is 11.3. The van der Waals surface area contributed by atoms with Crippen molar-refractivity contribution in [3.63, 3.8) is 0 Å². The molecule has 0 spiro atoms. The monoisotopic (exact) mass is 370 g/mol. The van der Waals surface area contributed by atoms with E-state index in [2.05, 4.69) is 10.0 Å². The number of anilines is 1. The molecule has 8 heteroatoms. The summed E-state index contributed by atoms with van der Waals surface area (Å²) in [4.78, 5) is 11.8. The second-order valence-electron chi connectivity index (χ2n) is 5.24. The maximum Gasteiger partial charge on any atom is 0.241 e. The van der Waals surface area contributed by atoms with Crippen LogP contribution in [0.3, 0.4) is 0 Å². The van der Waals surface area contributed by atoms with Gasteiger partial charge in [0.2, 0.25) is 15.9 Å². The number of aryl methyl sites for hydroxylation is 2. The number of hydrogen-bond donors (Lipinski definition) is 2. The van der Waals surface area contributed by atoms with E-state index in [1.54, 1.807) is 25.1 Å². The molecule has 0 atom stereocenters. The van der Waals surface area contributed by atoms with Crippen LogP contribution < -0.4 is 10.0 Å². The second-order valence-corrected chi connectivity index (χ2v) is 7.45. The lowest BCUT2D eigenvalue weighted by Gasteiger charge is -2.10. The number of nitrogens with one attached hydrogen (secondary N) is 2. The van der Waals surface area contributed by atoms with Crippen molar-refractivity contribution in [1.82, 2.24) is 4.72 Å². The Morgan fingerprint density at radius 2 is 1.83 bits per heavy atom. The van der Waals surface area contributed by atoms with Crippen molar-refractivity contribution >= 4 is 33.2 Å². The van der Waals surface area contributed by atoms with E-state index in [-0.39, 0.29) is 10.5 Å². The van der Waals surface area contributed by atoms with Gasteiger partial charge in [0.15, 0.2) is 0 Å². The lowest BCUT2D eigenvalue weighted by atomic mass is 10.2. The third kappa shape index (κ3) is 4.53. The predicted octanol–water partition coefficient (Wildman–Crippen LogP) is 3.01. The Morgan fingerprint density at radius 3 is 2.50 bits per heavy atom. The molecule has 0 aromatic heterocycles. The number of rotatable bonds is 5. The Labute approximate surface area is 144 Å². The lowest BCUT2D eigenvalue weighted by molar-refractivity contribution is -0.115. The zero-order valence-electron chi connectivity index (χ0n) is 13.1. The molecule has 2 aromatic carbocycles. The van der Waals surface area contributed by atoms with Gasteiger partial charge >= 0.3 is 0 Å². The number of hydrogen-bond acceptors (Lipinski definition) is 3. The van der Waals surface area contributed by atoms with Crippen LogP contribution in [0, 0.1) is 19.7 Å². The fraction of sp³-hybridized carbons (Fsp3) is 0.188. The predicted molar refractivity (Wildman–Crippen MR) is 91.1 cm³/mol. The molecule has 0 saturated heterocycles. The summed E-state index contributed by atoms with van der Waals surface area (Å²) < 4.78 is 39.7. The molecule has 128 valence electrons. The fourth-order valence-corrected chi connectivity index (χ4v) is 3.19. The van der Waals surface area contributed by atoms with Crippen LogP contribution in [0.4, 0.5) is 10.1 Å². The van der Waals surface area contributed by atoms with Gasteiger partial charge in [-0.1, -0.05) is 17.7 Å². The maximum atomic E-state index is 13.2. The smallest absolute Gasteiger partial charge is 0.241 e. The third-order valence-electron chi connectivity index (χ3n) is 3.34. The molecule has 0 saturated carbocycles.